The Balaban J connectivity index is 1.73. The van der Waals surface area contributed by atoms with Gasteiger partial charge in [0, 0.05) is 26.4 Å². The van der Waals surface area contributed by atoms with Gasteiger partial charge in [-0.15, -0.1) is 0 Å². The fourth-order valence-electron chi connectivity index (χ4n) is 2.77. The molecule has 0 radical (unpaired) electrons. The number of amides is 2. The fraction of sp³-hybridized carbons (Fsp3) is 0.857. The van der Waals surface area contributed by atoms with Crippen LogP contribution in [0.15, 0.2) is 0 Å². The molecular weight excluding hydrogens is 260 g/mol. The van der Waals surface area contributed by atoms with Crippen LogP contribution in [0.2, 0.25) is 0 Å². The molecule has 1 saturated heterocycles. The molecule has 0 aromatic rings. The van der Waals surface area contributed by atoms with Crippen LogP contribution in [0, 0.1) is 0 Å². The van der Waals surface area contributed by atoms with Crippen molar-refractivity contribution in [2.45, 2.75) is 56.8 Å². The Labute approximate surface area is 119 Å². The van der Waals surface area contributed by atoms with Gasteiger partial charge >= 0.3 is 0 Å². The fourth-order valence-corrected chi connectivity index (χ4v) is 2.77. The highest BCUT2D eigenvalue weighted by Gasteiger charge is 2.41. The van der Waals surface area contributed by atoms with Crippen LogP contribution in [0.25, 0.3) is 0 Å². The molecule has 1 atom stereocenters. The van der Waals surface area contributed by atoms with E-state index in [2.05, 4.69) is 10.6 Å². The first-order valence-electron chi connectivity index (χ1n) is 7.43. The van der Waals surface area contributed by atoms with Crippen molar-refractivity contribution in [2.24, 2.45) is 0 Å². The second kappa shape index (κ2) is 7.04. The number of rotatable bonds is 4. The Morgan fingerprint density at radius 2 is 1.85 bits per heavy atom. The quantitative estimate of drug-likeness (QED) is 0.745. The molecule has 0 aromatic carbocycles. The molecule has 2 rings (SSSR count). The highest BCUT2D eigenvalue weighted by Crippen LogP contribution is 2.36. The molecule has 2 N–H and O–H groups in total. The van der Waals surface area contributed by atoms with E-state index in [1.807, 2.05) is 0 Å². The van der Waals surface area contributed by atoms with Gasteiger partial charge in [-0.05, 0) is 12.8 Å². The van der Waals surface area contributed by atoms with E-state index >= 15 is 0 Å². The molecule has 6 heteroatoms. The smallest absolute Gasteiger partial charge is 0.229 e. The van der Waals surface area contributed by atoms with Gasteiger partial charge in [0.15, 0.2) is 5.79 Å². The average Bonchev–Trinajstić information content (AvgIpc) is 2.69. The summed E-state index contributed by atoms with van der Waals surface area (Å²) in [6.07, 6.45) is 6.37. The molecule has 6 nitrogen and oxygen atoms in total. The molecule has 114 valence electrons. The van der Waals surface area contributed by atoms with E-state index in [0.717, 1.165) is 25.7 Å². The van der Waals surface area contributed by atoms with E-state index in [-0.39, 0.29) is 24.3 Å². The molecule has 0 aromatic heterocycles. The summed E-state index contributed by atoms with van der Waals surface area (Å²) in [5, 5.41) is 5.14. The van der Waals surface area contributed by atoms with Crippen molar-refractivity contribution in [3.63, 3.8) is 0 Å². The Morgan fingerprint density at radius 3 is 2.50 bits per heavy atom. The largest absolute Gasteiger partial charge is 0.359 e. The first-order chi connectivity index (χ1) is 9.63. The van der Waals surface area contributed by atoms with Crippen LogP contribution in [-0.2, 0) is 19.1 Å². The number of hydrogen-bond acceptors (Lipinski definition) is 4. The Kier molecular flexibility index (Phi) is 5.37. The van der Waals surface area contributed by atoms with Gasteiger partial charge in [-0.25, -0.2) is 0 Å². The maximum atomic E-state index is 11.5. The van der Waals surface area contributed by atoms with E-state index in [4.69, 9.17) is 9.47 Å². The number of carbonyl (C=O) groups excluding carboxylic acids is 2. The predicted octanol–water partition coefficient (Wildman–Crippen LogP) is 0.705. The van der Waals surface area contributed by atoms with E-state index in [9.17, 15) is 9.59 Å². The van der Waals surface area contributed by atoms with E-state index < -0.39 is 5.79 Å². The van der Waals surface area contributed by atoms with Crippen LogP contribution >= 0.6 is 0 Å². The van der Waals surface area contributed by atoms with Gasteiger partial charge in [0.25, 0.3) is 0 Å². The van der Waals surface area contributed by atoms with Crippen LogP contribution in [0.1, 0.15) is 44.9 Å². The van der Waals surface area contributed by atoms with Crippen LogP contribution in [0.3, 0.4) is 0 Å². The summed E-state index contributed by atoms with van der Waals surface area (Å²) in [7, 11) is 1.51. The molecule has 1 aliphatic heterocycles. The topological polar surface area (TPSA) is 76.7 Å². The highest BCUT2D eigenvalue weighted by atomic mass is 16.7. The van der Waals surface area contributed by atoms with Gasteiger partial charge in [-0.3, -0.25) is 9.59 Å². The molecule has 1 heterocycles. The van der Waals surface area contributed by atoms with Crippen LogP contribution in [-0.4, -0.2) is 43.9 Å². The van der Waals surface area contributed by atoms with E-state index in [0.29, 0.717) is 13.2 Å². The molecule has 1 unspecified atom stereocenters. The summed E-state index contributed by atoms with van der Waals surface area (Å²) < 4.78 is 11.9. The van der Waals surface area contributed by atoms with Crippen LogP contribution < -0.4 is 10.6 Å². The van der Waals surface area contributed by atoms with Crippen molar-refractivity contribution >= 4 is 11.8 Å². The van der Waals surface area contributed by atoms with Gasteiger partial charge in [-0.2, -0.15) is 0 Å². The molecule has 2 aliphatic rings. The zero-order valence-electron chi connectivity index (χ0n) is 12.1. The van der Waals surface area contributed by atoms with Gasteiger partial charge < -0.3 is 20.1 Å². The second-order valence-corrected chi connectivity index (χ2v) is 5.53. The van der Waals surface area contributed by atoms with E-state index in [1.165, 1.54) is 19.9 Å². The molecule has 2 fully saturated rings. The van der Waals surface area contributed by atoms with Crippen molar-refractivity contribution in [3.8, 4) is 0 Å². The van der Waals surface area contributed by atoms with Gasteiger partial charge in [0.05, 0.1) is 6.61 Å². The lowest BCUT2D eigenvalue weighted by molar-refractivity contribution is -0.175. The summed E-state index contributed by atoms with van der Waals surface area (Å²) >= 11 is 0. The molecular formula is C14H24N2O4. The number of nitrogens with one attached hydrogen (secondary N) is 2. The summed E-state index contributed by atoms with van der Waals surface area (Å²) in [5.41, 5.74) is 0. The third-order valence-corrected chi connectivity index (χ3v) is 3.91. The standard InChI is InChI=1S/C14H24N2O4/c1-15-12(17)8-13(18)16-9-11-10-19-14(20-11)6-4-2-3-5-7-14/h11H,2-10H2,1H3,(H,15,17)(H,16,18). The molecule has 1 aliphatic carbocycles. The maximum absolute atomic E-state index is 11.5. The minimum atomic E-state index is -0.424. The number of ether oxygens (including phenoxy) is 2. The van der Waals surface area contributed by atoms with Crippen molar-refractivity contribution in [3.05, 3.63) is 0 Å². The normalized spacial score (nSPS) is 25.1. The Morgan fingerprint density at radius 1 is 1.15 bits per heavy atom. The first kappa shape index (κ1) is 15.3. The van der Waals surface area contributed by atoms with Crippen molar-refractivity contribution in [1.29, 1.82) is 0 Å². The molecule has 0 bridgehead atoms. The summed E-state index contributed by atoms with van der Waals surface area (Å²) in [5.74, 6) is -0.992. The van der Waals surface area contributed by atoms with Crippen molar-refractivity contribution < 1.29 is 19.1 Å². The lowest BCUT2D eigenvalue weighted by atomic mass is 10.1. The maximum Gasteiger partial charge on any atom is 0.229 e. The van der Waals surface area contributed by atoms with Crippen molar-refractivity contribution in [2.75, 3.05) is 20.2 Å². The SMILES string of the molecule is CNC(=O)CC(=O)NCC1COC2(CCCCCC2)O1. The first-order valence-corrected chi connectivity index (χ1v) is 7.43. The minimum absolute atomic E-state index is 0.110. The molecule has 2 amide bonds. The minimum Gasteiger partial charge on any atom is -0.359 e. The lowest BCUT2D eigenvalue weighted by Gasteiger charge is -2.26. The van der Waals surface area contributed by atoms with E-state index in [1.54, 1.807) is 0 Å². The Bertz CT molecular complexity index is 351. The van der Waals surface area contributed by atoms with Gasteiger partial charge in [0.1, 0.15) is 12.5 Å². The third-order valence-electron chi connectivity index (χ3n) is 3.91. The summed E-state index contributed by atoms with van der Waals surface area (Å²) in [4.78, 5) is 22.6. The zero-order chi connectivity index (χ0) is 14.4. The summed E-state index contributed by atoms with van der Waals surface area (Å²) in [6, 6.07) is 0. The molecule has 1 saturated carbocycles. The zero-order valence-corrected chi connectivity index (χ0v) is 12.1. The average molecular weight is 284 g/mol. The predicted molar refractivity (Wildman–Crippen MR) is 73.0 cm³/mol. The molecule has 20 heavy (non-hydrogen) atoms. The third kappa shape index (κ3) is 4.18. The molecule has 1 spiro atoms. The Hall–Kier alpha value is -1.14. The van der Waals surface area contributed by atoms with Gasteiger partial charge in [0.2, 0.25) is 11.8 Å². The monoisotopic (exact) mass is 284 g/mol. The summed E-state index contributed by atoms with van der Waals surface area (Å²) in [6.45, 7) is 0.915. The lowest BCUT2D eigenvalue weighted by Crippen LogP contribution is -2.37. The van der Waals surface area contributed by atoms with Gasteiger partial charge in [-0.1, -0.05) is 12.8 Å². The van der Waals surface area contributed by atoms with Crippen molar-refractivity contribution in [1.82, 2.24) is 10.6 Å². The van der Waals surface area contributed by atoms with Crippen LogP contribution in [0.5, 0.6) is 0 Å². The second-order valence-electron chi connectivity index (χ2n) is 5.53. The van der Waals surface area contributed by atoms with Crippen LogP contribution in [0.4, 0.5) is 0 Å². The number of hydrogen-bond donors (Lipinski definition) is 2. The number of carbonyl (C=O) groups is 2. The highest BCUT2D eigenvalue weighted by molar-refractivity contribution is 5.96.